The van der Waals surface area contributed by atoms with Crippen molar-refractivity contribution in [2.45, 2.75) is 17.8 Å². The van der Waals surface area contributed by atoms with Gasteiger partial charge in [-0.15, -0.1) is 0 Å². The van der Waals surface area contributed by atoms with Crippen LogP contribution < -0.4 is 0 Å². The van der Waals surface area contributed by atoms with Gasteiger partial charge >= 0.3 is 5.97 Å². The van der Waals surface area contributed by atoms with Gasteiger partial charge in [0.05, 0.1) is 6.20 Å². The Balaban J connectivity index is 2.45. The van der Waals surface area contributed by atoms with Crippen molar-refractivity contribution in [3.8, 4) is 0 Å². The molecule has 6 heteroatoms. The highest BCUT2D eigenvalue weighted by atomic mass is 19.3. The van der Waals surface area contributed by atoms with E-state index in [4.69, 9.17) is 5.11 Å². The Labute approximate surface area is 71.6 Å². The van der Waals surface area contributed by atoms with Crippen LogP contribution in [-0.4, -0.2) is 27.2 Å². The molecule has 1 aromatic heterocycles. The van der Waals surface area contributed by atoms with Crippen LogP contribution in [0.5, 0.6) is 0 Å². The molecule has 0 bridgehead atoms. The van der Waals surface area contributed by atoms with Gasteiger partial charge in [-0.25, -0.2) is 8.78 Å². The van der Waals surface area contributed by atoms with Crippen LogP contribution in [0.25, 0.3) is 0 Å². The van der Waals surface area contributed by atoms with Gasteiger partial charge in [0.25, 0.3) is 5.92 Å². The monoisotopic (exact) mass is 188 g/mol. The van der Waals surface area contributed by atoms with Crippen LogP contribution >= 0.6 is 0 Å². The molecule has 0 amide bonds. The van der Waals surface area contributed by atoms with Gasteiger partial charge in [0.15, 0.2) is 5.41 Å². The second-order valence-electron chi connectivity index (χ2n) is 3.08. The number of aromatic amines is 1. The molecule has 1 aromatic rings. The lowest BCUT2D eigenvalue weighted by Gasteiger charge is -2.07. The number of rotatable bonds is 2. The highest BCUT2D eigenvalue weighted by molar-refractivity contribution is 5.87. The third kappa shape index (κ3) is 0.824. The second-order valence-corrected chi connectivity index (χ2v) is 3.08. The Morgan fingerprint density at radius 3 is 2.62 bits per heavy atom. The van der Waals surface area contributed by atoms with E-state index >= 15 is 0 Å². The van der Waals surface area contributed by atoms with Crippen LogP contribution in [0.2, 0.25) is 0 Å². The summed E-state index contributed by atoms with van der Waals surface area (Å²) in [7, 11) is 0. The lowest BCUT2D eigenvalue weighted by atomic mass is 9.99. The van der Waals surface area contributed by atoms with Gasteiger partial charge < -0.3 is 5.11 Å². The molecular weight excluding hydrogens is 182 g/mol. The molecule has 2 rings (SSSR count). The first-order valence-electron chi connectivity index (χ1n) is 3.61. The average Bonchev–Trinajstić information content (AvgIpc) is 2.52. The summed E-state index contributed by atoms with van der Waals surface area (Å²) in [6.07, 6.45) is 1.67. The van der Waals surface area contributed by atoms with Crippen LogP contribution in [-0.2, 0) is 10.2 Å². The number of halogens is 2. The fourth-order valence-electron chi connectivity index (χ4n) is 1.44. The maximum atomic E-state index is 12.8. The third-order valence-electron chi connectivity index (χ3n) is 2.34. The predicted molar refractivity (Wildman–Crippen MR) is 37.5 cm³/mol. The van der Waals surface area contributed by atoms with Crippen LogP contribution in [0.1, 0.15) is 12.0 Å². The molecule has 4 nitrogen and oxygen atoms in total. The molecule has 0 aliphatic heterocycles. The van der Waals surface area contributed by atoms with Gasteiger partial charge in [-0.05, 0) is 0 Å². The van der Waals surface area contributed by atoms with Crippen molar-refractivity contribution in [2.75, 3.05) is 0 Å². The first-order chi connectivity index (χ1) is 6.01. The lowest BCUT2D eigenvalue weighted by molar-refractivity contribution is -0.142. The number of hydrogen-bond donors (Lipinski definition) is 2. The Morgan fingerprint density at radius 1 is 1.69 bits per heavy atom. The molecule has 13 heavy (non-hydrogen) atoms. The first-order valence-corrected chi connectivity index (χ1v) is 3.61. The molecule has 1 unspecified atom stereocenters. The van der Waals surface area contributed by atoms with Crippen LogP contribution in [0.15, 0.2) is 12.4 Å². The summed E-state index contributed by atoms with van der Waals surface area (Å²) in [6.45, 7) is 0. The van der Waals surface area contributed by atoms with Gasteiger partial charge in [-0.1, -0.05) is 0 Å². The van der Waals surface area contributed by atoms with E-state index in [0.29, 0.717) is 0 Å². The minimum atomic E-state index is -3.15. The van der Waals surface area contributed by atoms with E-state index in [1.807, 2.05) is 0 Å². The van der Waals surface area contributed by atoms with Crippen molar-refractivity contribution in [1.29, 1.82) is 0 Å². The smallest absolute Gasteiger partial charge is 0.320 e. The molecular formula is C7H6F2N2O2. The van der Waals surface area contributed by atoms with Gasteiger partial charge in [0.1, 0.15) is 0 Å². The SMILES string of the molecule is O=C(O)C1(c2cn[nH]c2)CC1(F)F. The Bertz CT molecular complexity index is 349. The maximum Gasteiger partial charge on any atom is 0.320 e. The van der Waals surface area contributed by atoms with Crippen molar-refractivity contribution in [2.24, 2.45) is 0 Å². The fraction of sp³-hybridized carbons (Fsp3) is 0.429. The maximum absolute atomic E-state index is 12.8. The van der Waals surface area contributed by atoms with E-state index in [2.05, 4.69) is 10.2 Å². The number of aromatic nitrogens is 2. The van der Waals surface area contributed by atoms with E-state index in [1.54, 1.807) is 0 Å². The summed E-state index contributed by atoms with van der Waals surface area (Å²) >= 11 is 0. The van der Waals surface area contributed by atoms with Gasteiger partial charge in [-0.2, -0.15) is 5.10 Å². The predicted octanol–water partition coefficient (Wildman–Crippen LogP) is 0.771. The summed E-state index contributed by atoms with van der Waals surface area (Å²) in [5.74, 6) is -4.65. The van der Waals surface area contributed by atoms with Gasteiger partial charge in [-0.3, -0.25) is 9.89 Å². The normalized spacial score (nSPS) is 30.0. The second kappa shape index (κ2) is 2.07. The van der Waals surface area contributed by atoms with Crippen molar-refractivity contribution < 1.29 is 18.7 Å². The van der Waals surface area contributed by atoms with Crippen molar-refractivity contribution in [1.82, 2.24) is 10.2 Å². The molecule has 0 spiro atoms. The van der Waals surface area contributed by atoms with Crippen LogP contribution in [0.3, 0.4) is 0 Å². The number of nitrogens with one attached hydrogen (secondary N) is 1. The first kappa shape index (κ1) is 8.15. The average molecular weight is 188 g/mol. The molecule has 1 aliphatic carbocycles. The largest absolute Gasteiger partial charge is 0.480 e. The minimum absolute atomic E-state index is 0.0324. The van der Waals surface area contributed by atoms with Gasteiger partial charge in [0.2, 0.25) is 0 Å². The van der Waals surface area contributed by atoms with E-state index in [-0.39, 0.29) is 5.56 Å². The molecule has 2 N–H and O–H groups in total. The molecule has 70 valence electrons. The van der Waals surface area contributed by atoms with Crippen LogP contribution in [0.4, 0.5) is 8.78 Å². The third-order valence-corrected chi connectivity index (χ3v) is 2.34. The quantitative estimate of drug-likeness (QED) is 0.720. The zero-order valence-corrected chi connectivity index (χ0v) is 6.42. The number of carboxylic acids is 1. The topological polar surface area (TPSA) is 66.0 Å². The molecule has 1 saturated carbocycles. The number of nitrogens with zero attached hydrogens (tertiary/aromatic N) is 1. The Morgan fingerprint density at radius 2 is 2.31 bits per heavy atom. The lowest BCUT2D eigenvalue weighted by Crippen LogP contribution is -2.26. The summed E-state index contributed by atoms with van der Waals surface area (Å²) in [5, 5.41) is 14.5. The molecule has 0 saturated heterocycles. The highest BCUT2D eigenvalue weighted by Gasteiger charge is 2.77. The van der Waals surface area contributed by atoms with Crippen LogP contribution in [0, 0.1) is 0 Å². The highest BCUT2D eigenvalue weighted by Crippen LogP contribution is 2.61. The van der Waals surface area contributed by atoms with Crippen molar-refractivity contribution in [3.63, 3.8) is 0 Å². The van der Waals surface area contributed by atoms with Gasteiger partial charge in [0, 0.05) is 18.2 Å². The fourth-order valence-corrected chi connectivity index (χ4v) is 1.44. The van der Waals surface area contributed by atoms with E-state index < -0.39 is 23.7 Å². The number of carbonyl (C=O) groups is 1. The molecule has 1 atom stereocenters. The van der Waals surface area contributed by atoms with E-state index in [9.17, 15) is 13.6 Å². The zero-order valence-electron chi connectivity index (χ0n) is 6.42. The van der Waals surface area contributed by atoms with Crippen molar-refractivity contribution >= 4 is 5.97 Å². The number of aliphatic carboxylic acids is 1. The van der Waals surface area contributed by atoms with E-state index in [1.165, 1.54) is 6.20 Å². The Hall–Kier alpha value is -1.46. The number of hydrogen-bond acceptors (Lipinski definition) is 2. The number of carboxylic acid groups (broad SMARTS) is 1. The summed E-state index contributed by atoms with van der Waals surface area (Å²) in [5.41, 5.74) is -2.01. The zero-order chi connectivity index (χ0) is 9.69. The molecule has 0 radical (unpaired) electrons. The Kier molecular flexibility index (Phi) is 1.30. The van der Waals surface area contributed by atoms with Crippen molar-refractivity contribution in [3.05, 3.63) is 18.0 Å². The summed E-state index contributed by atoms with van der Waals surface area (Å²) < 4.78 is 25.7. The standard InChI is InChI=1S/C7H6F2N2O2/c8-7(9)3-6(7,5(12)13)4-1-10-11-2-4/h1-2H,3H2,(H,10,11)(H,12,13). The van der Waals surface area contributed by atoms with E-state index in [0.717, 1.165) is 6.20 Å². The number of H-pyrrole nitrogens is 1. The number of alkyl halides is 2. The minimum Gasteiger partial charge on any atom is -0.480 e. The molecule has 1 aliphatic rings. The summed E-state index contributed by atoms with van der Waals surface area (Å²) in [4.78, 5) is 10.7. The molecule has 0 aromatic carbocycles. The molecule has 1 fully saturated rings. The summed E-state index contributed by atoms with van der Waals surface area (Å²) in [6, 6.07) is 0. The molecule has 1 heterocycles.